The van der Waals surface area contributed by atoms with Gasteiger partial charge in [-0.25, -0.2) is 8.42 Å². The lowest BCUT2D eigenvalue weighted by Crippen LogP contribution is -2.35. The van der Waals surface area contributed by atoms with E-state index in [0.717, 1.165) is 6.54 Å². The predicted octanol–water partition coefficient (Wildman–Crippen LogP) is 0.682. The molecule has 0 heterocycles. The van der Waals surface area contributed by atoms with E-state index in [2.05, 4.69) is 19.2 Å². The summed E-state index contributed by atoms with van der Waals surface area (Å²) >= 11 is 0. The average Bonchev–Trinajstić information content (AvgIpc) is 2.14. The maximum Gasteiger partial charge on any atom is 0.156 e. The fourth-order valence-corrected chi connectivity index (χ4v) is 2.28. The second-order valence-corrected chi connectivity index (χ2v) is 6.76. The average molecular weight is 237 g/mol. The van der Waals surface area contributed by atoms with Crippen molar-refractivity contribution in [2.45, 2.75) is 26.0 Å². The zero-order chi connectivity index (χ0) is 11.9. The van der Waals surface area contributed by atoms with Gasteiger partial charge in [0.15, 0.2) is 9.84 Å². The molecule has 1 unspecified atom stereocenters. The molecule has 4 nitrogen and oxygen atoms in total. The van der Waals surface area contributed by atoms with Crippen molar-refractivity contribution in [3.8, 4) is 0 Å². The molecule has 0 aliphatic heterocycles. The molecule has 0 rings (SSSR count). The fraction of sp³-hybridized carbons (Fsp3) is 1.00. The van der Waals surface area contributed by atoms with Gasteiger partial charge in [0.1, 0.15) is 0 Å². The molecule has 0 fully saturated rings. The Hall–Kier alpha value is -0.130. The lowest BCUT2D eigenvalue weighted by atomic mass is 10.2. The molecule has 15 heavy (non-hydrogen) atoms. The van der Waals surface area contributed by atoms with Gasteiger partial charge in [0.05, 0.1) is 17.6 Å². The molecule has 0 aliphatic rings. The Balaban J connectivity index is 3.91. The van der Waals surface area contributed by atoms with Crippen LogP contribution in [0.3, 0.4) is 0 Å². The summed E-state index contributed by atoms with van der Waals surface area (Å²) < 4.78 is 28.1. The zero-order valence-corrected chi connectivity index (χ0v) is 10.9. The molecular formula is C10H23NO3S. The van der Waals surface area contributed by atoms with E-state index in [4.69, 9.17) is 4.74 Å². The molecule has 0 aromatic heterocycles. The minimum Gasteiger partial charge on any atom is -0.384 e. The van der Waals surface area contributed by atoms with Crippen LogP contribution in [-0.2, 0) is 14.6 Å². The topological polar surface area (TPSA) is 55.4 Å². The first-order chi connectivity index (χ1) is 6.90. The molecule has 0 saturated carbocycles. The standard InChI is InChI=1S/C10H23NO3S/c1-9(2)7-11-8-10(3)15(12,13)6-5-14-4/h9-11H,5-8H2,1-4H3. The fourth-order valence-electron chi connectivity index (χ4n) is 1.10. The van der Waals surface area contributed by atoms with Gasteiger partial charge in [-0.05, 0) is 19.4 Å². The number of methoxy groups -OCH3 is 1. The number of hydrogen-bond donors (Lipinski definition) is 1. The van der Waals surface area contributed by atoms with Crippen molar-refractivity contribution in [1.82, 2.24) is 5.32 Å². The zero-order valence-electron chi connectivity index (χ0n) is 10.1. The van der Waals surface area contributed by atoms with Crippen LogP contribution in [-0.4, -0.2) is 46.2 Å². The van der Waals surface area contributed by atoms with Gasteiger partial charge in [-0.15, -0.1) is 0 Å². The monoisotopic (exact) mass is 237 g/mol. The Morgan fingerprint density at radius 3 is 2.27 bits per heavy atom. The van der Waals surface area contributed by atoms with E-state index in [1.807, 2.05) is 0 Å². The van der Waals surface area contributed by atoms with Crippen LogP contribution < -0.4 is 5.32 Å². The van der Waals surface area contributed by atoms with E-state index in [1.165, 1.54) is 7.11 Å². The minimum atomic E-state index is -3.01. The van der Waals surface area contributed by atoms with Gasteiger partial charge in [-0.2, -0.15) is 0 Å². The van der Waals surface area contributed by atoms with Gasteiger partial charge < -0.3 is 10.1 Å². The van der Waals surface area contributed by atoms with Crippen molar-refractivity contribution in [2.75, 3.05) is 32.6 Å². The SMILES string of the molecule is COCCS(=O)(=O)C(C)CNCC(C)C. The molecule has 0 bridgehead atoms. The molecule has 0 saturated heterocycles. The van der Waals surface area contributed by atoms with Crippen molar-refractivity contribution >= 4 is 9.84 Å². The Bertz CT molecular complexity index is 249. The smallest absolute Gasteiger partial charge is 0.156 e. The molecule has 1 atom stereocenters. The van der Waals surface area contributed by atoms with Gasteiger partial charge in [-0.3, -0.25) is 0 Å². The third kappa shape index (κ3) is 6.87. The first-order valence-electron chi connectivity index (χ1n) is 5.31. The summed E-state index contributed by atoms with van der Waals surface area (Å²) in [6.07, 6.45) is 0. The van der Waals surface area contributed by atoms with Crippen LogP contribution in [0.5, 0.6) is 0 Å². The minimum absolute atomic E-state index is 0.105. The second-order valence-electron chi connectivity index (χ2n) is 4.22. The lowest BCUT2D eigenvalue weighted by Gasteiger charge is -2.14. The molecule has 0 radical (unpaired) electrons. The summed E-state index contributed by atoms with van der Waals surface area (Å²) in [5, 5.41) is 2.81. The first-order valence-corrected chi connectivity index (χ1v) is 7.03. The van der Waals surface area contributed by atoms with E-state index < -0.39 is 9.84 Å². The normalized spacial score (nSPS) is 14.5. The summed E-state index contributed by atoms with van der Waals surface area (Å²) in [5.74, 6) is 0.646. The molecule has 0 aromatic rings. The molecule has 1 N–H and O–H groups in total. The molecule has 0 amide bonds. The van der Waals surface area contributed by atoms with Gasteiger partial charge >= 0.3 is 0 Å². The number of ether oxygens (including phenoxy) is 1. The summed E-state index contributed by atoms with van der Waals surface area (Å²) in [6, 6.07) is 0. The van der Waals surface area contributed by atoms with Crippen LogP contribution >= 0.6 is 0 Å². The van der Waals surface area contributed by atoms with Crippen molar-refractivity contribution in [1.29, 1.82) is 0 Å². The van der Waals surface area contributed by atoms with Crippen molar-refractivity contribution in [2.24, 2.45) is 5.92 Å². The second kappa shape index (κ2) is 7.19. The van der Waals surface area contributed by atoms with E-state index >= 15 is 0 Å². The molecule has 0 spiro atoms. The van der Waals surface area contributed by atoms with E-state index in [9.17, 15) is 8.42 Å². The van der Waals surface area contributed by atoms with Crippen LogP contribution in [0.15, 0.2) is 0 Å². The predicted molar refractivity (Wildman–Crippen MR) is 62.8 cm³/mol. The number of nitrogens with one attached hydrogen (secondary N) is 1. The third-order valence-electron chi connectivity index (χ3n) is 2.17. The van der Waals surface area contributed by atoms with Crippen LogP contribution in [0.25, 0.3) is 0 Å². The van der Waals surface area contributed by atoms with Crippen molar-refractivity contribution in [3.63, 3.8) is 0 Å². The van der Waals surface area contributed by atoms with Gasteiger partial charge in [-0.1, -0.05) is 13.8 Å². The van der Waals surface area contributed by atoms with Crippen LogP contribution in [0.2, 0.25) is 0 Å². The highest BCUT2D eigenvalue weighted by molar-refractivity contribution is 7.92. The maximum absolute atomic E-state index is 11.6. The van der Waals surface area contributed by atoms with Crippen LogP contribution in [0.1, 0.15) is 20.8 Å². The highest BCUT2D eigenvalue weighted by Gasteiger charge is 2.19. The number of sulfone groups is 1. The quantitative estimate of drug-likeness (QED) is 0.674. The maximum atomic E-state index is 11.6. The molecule has 92 valence electrons. The third-order valence-corrected chi connectivity index (χ3v) is 4.30. The highest BCUT2D eigenvalue weighted by atomic mass is 32.2. The molecular weight excluding hydrogens is 214 g/mol. The van der Waals surface area contributed by atoms with Crippen LogP contribution in [0.4, 0.5) is 0 Å². The highest BCUT2D eigenvalue weighted by Crippen LogP contribution is 2.01. The van der Waals surface area contributed by atoms with Gasteiger partial charge in [0.2, 0.25) is 0 Å². The van der Waals surface area contributed by atoms with Gasteiger partial charge in [0.25, 0.3) is 0 Å². The summed E-state index contributed by atoms with van der Waals surface area (Å²) in [7, 11) is -1.50. The summed E-state index contributed by atoms with van der Waals surface area (Å²) in [5.41, 5.74) is 0. The number of rotatable bonds is 8. The summed E-state index contributed by atoms with van der Waals surface area (Å²) in [4.78, 5) is 0. The molecule has 0 aromatic carbocycles. The van der Waals surface area contributed by atoms with Gasteiger partial charge in [0, 0.05) is 13.7 Å². The first kappa shape index (κ1) is 14.9. The van der Waals surface area contributed by atoms with Crippen molar-refractivity contribution < 1.29 is 13.2 Å². The lowest BCUT2D eigenvalue weighted by molar-refractivity contribution is 0.217. The van der Waals surface area contributed by atoms with E-state index in [-0.39, 0.29) is 17.6 Å². The number of hydrogen-bond acceptors (Lipinski definition) is 4. The summed E-state index contributed by atoms with van der Waals surface area (Å²) in [6.45, 7) is 7.57. The van der Waals surface area contributed by atoms with E-state index in [0.29, 0.717) is 12.5 Å². The Morgan fingerprint density at radius 2 is 1.80 bits per heavy atom. The Labute approximate surface area is 93.3 Å². The molecule has 0 aliphatic carbocycles. The van der Waals surface area contributed by atoms with Crippen molar-refractivity contribution in [3.05, 3.63) is 0 Å². The van der Waals surface area contributed by atoms with Crippen LogP contribution in [0, 0.1) is 5.92 Å². The van der Waals surface area contributed by atoms with E-state index in [1.54, 1.807) is 6.92 Å². The Kier molecular flexibility index (Phi) is 7.13. The Morgan fingerprint density at radius 1 is 1.20 bits per heavy atom. The largest absolute Gasteiger partial charge is 0.384 e. The molecule has 5 heteroatoms.